The lowest BCUT2D eigenvalue weighted by atomic mass is 10.1. The summed E-state index contributed by atoms with van der Waals surface area (Å²) in [6.07, 6.45) is 0. The zero-order valence-corrected chi connectivity index (χ0v) is 13.6. The van der Waals surface area contributed by atoms with Gasteiger partial charge in [-0.2, -0.15) is 0 Å². The Morgan fingerprint density at radius 1 is 1.12 bits per heavy atom. The third kappa shape index (κ3) is 3.89. The summed E-state index contributed by atoms with van der Waals surface area (Å²) in [6.45, 7) is 0.450. The number of nitrogens with zero attached hydrogens (tertiary/aromatic N) is 1. The van der Waals surface area contributed by atoms with Gasteiger partial charge in [-0.15, -0.1) is 0 Å². The first-order chi connectivity index (χ1) is 12.2. The molecule has 130 valence electrons. The van der Waals surface area contributed by atoms with Gasteiger partial charge in [-0.1, -0.05) is 42.5 Å². The summed E-state index contributed by atoms with van der Waals surface area (Å²) in [6, 6.07) is 15.8. The van der Waals surface area contributed by atoms with Crippen LogP contribution in [-0.2, 0) is 6.54 Å². The molecule has 0 spiro atoms. The van der Waals surface area contributed by atoms with Crippen molar-refractivity contribution in [2.75, 3.05) is 13.2 Å². The molecule has 7 nitrogen and oxygen atoms in total. The lowest BCUT2D eigenvalue weighted by Crippen LogP contribution is -2.41. The van der Waals surface area contributed by atoms with Gasteiger partial charge in [-0.05, 0) is 17.7 Å². The molecule has 0 aliphatic rings. The molecule has 1 atom stereocenters. The first-order valence-electron chi connectivity index (χ1n) is 8.07. The normalized spacial score (nSPS) is 12.0. The molecule has 2 aromatic carbocycles. The van der Waals surface area contributed by atoms with E-state index >= 15 is 0 Å². The smallest absolute Gasteiger partial charge is 0.326 e. The summed E-state index contributed by atoms with van der Waals surface area (Å²) in [5.41, 5.74) is 2.18. The van der Waals surface area contributed by atoms with Crippen LogP contribution in [0, 0.1) is 0 Å². The van der Waals surface area contributed by atoms with Gasteiger partial charge in [0.2, 0.25) is 0 Å². The number of carbonyl (C=O) groups excluding carboxylic acids is 1. The van der Waals surface area contributed by atoms with Crippen molar-refractivity contribution >= 4 is 17.1 Å². The predicted octanol–water partition coefficient (Wildman–Crippen LogP) is 1.36. The Morgan fingerprint density at radius 3 is 2.60 bits per heavy atom. The van der Waals surface area contributed by atoms with E-state index in [4.69, 9.17) is 0 Å². The van der Waals surface area contributed by atoms with Crippen molar-refractivity contribution in [3.8, 4) is 0 Å². The second-order valence-electron chi connectivity index (χ2n) is 5.65. The third-order valence-corrected chi connectivity index (χ3v) is 3.99. The van der Waals surface area contributed by atoms with E-state index in [1.54, 1.807) is 4.57 Å². The Labute approximate surface area is 144 Å². The second-order valence-corrected chi connectivity index (χ2v) is 5.65. The fourth-order valence-electron chi connectivity index (χ4n) is 2.74. The highest BCUT2D eigenvalue weighted by Crippen LogP contribution is 2.11. The van der Waals surface area contributed by atoms with Gasteiger partial charge in [0.15, 0.2) is 0 Å². The van der Waals surface area contributed by atoms with Gasteiger partial charge in [-0.25, -0.2) is 9.59 Å². The molecule has 1 aromatic heterocycles. The molecule has 0 fully saturated rings. The van der Waals surface area contributed by atoms with E-state index < -0.39 is 12.1 Å². The zero-order chi connectivity index (χ0) is 17.6. The lowest BCUT2D eigenvalue weighted by Gasteiger charge is -2.17. The van der Waals surface area contributed by atoms with Crippen LogP contribution in [0.25, 0.3) is 11.0 Å². The van der Waals surface area contributed by atoms with Crippen molar-refractivity contribution in [2.45, 2.75) is 12.6 Å². The Balaban J connectivity index is 1.57. The molecule has 0 bridgehead atoms. The second kappa shape index (κ2) is 7.67. The zero-order valence-electron chi connectivity index (χ0n) is 13.6. The van der Waals surface area contributed by atoms with Gasteiger partial charge in [0, 0.05) is 13.1 Å². The molecular formula is C18H20N4O3. The van der Waals surface area contributed by atoms with Crippen LogP contribution in [0.1, 0.15) is 11.6 Å². The van der Waals surface area contributed by atoms with Gasteiger partial charge in [0.1, 0.15) is 0 Å². The van der Waals surface area contributed by atoms with Crippen molar-refractivity contribution in [1.29, 1.82) is 0 Å². The molecule has 1 unspecified atom stereocenters. The van der Waals surface area contributed by atoms with Crippen LogP contribution in [0.2, 0.25) is 0 Å². The van der Waals surface area contributed by atoms with E-state index in [1.807, 2.05) is 54.6 Å². The summed E-state index contributed by atoms with van der Waals surface area (Å²) < 4.78 is 1.58. The summed E-state index contributed by atoms with van der Waals surface area (Å²) in [5, 5.41) is 14.9. The molecule has 1 heterocycles. The molecule has 7 heteroatoms. The van der Waals surface area contributed by atoms with E-state index in [0.29, 0.717) is 13.1 Å². The minimum absolute atomic E-state index is 0.195. The monoisotopic (exact) mass is 340 g/mol. The summed E-state index contributed by atoms with van der Waals surface area (Å²) in [5.74, 6) is 0. The Bertz CT molecular complexity index is 901. The maximum absolute atomic E-state index is 12.0. The Hall–Kier alpha value is -3.06. The minimum atomic E-state index is -0.475. The molecule has 2 amide bonds. The van der Waals surface area contributed by atoms with Gasteiger partial charge < -0.3 is 20.7 Å². The van der Waals surface area contributed by atoms with Crippen molar-refractivity contribution in [3.05, 3.63) is 70.6 Å². The maximum Gasteiger partial charge on any atom is 0.326 e. The summed E-state index contributed by atoms with van der Waals surface area (Å²) in [4.78, 5) is 26.8. The highest BCUT2D eigenvalue weighted by atomic mass is 16.3. The number of aromatic nitrogens is 2. The first kappa shape index (κ1) is 16.8. The van der Waals surface area contributed by atoms with Gasteiger partial charge in [0.05, 0.1) is 23.7 Å². The summed E-state index contributed by atoms with van der Waals surface area (Å²) >= 11 is 0. The van der Waals surface area contributed by atoms with E-state index in [1.165, 1.54) is 0 Å². The molecule has 25 heavy (non-hydrogen) atoms. The fraction of sp³-hybridized carbons (Fsp3) is 0.222. The largest absolute Gasteiger partial charge is 0.394 e. The van der Waals surface area contributed by atoms with Crippen LogP contribution in [0.5, 0.6) is 0 Å². The van der Waals surface area contributed by atoms with Crippen LogP contribution >= 0.6 is 0 Å². The SMILES string of the molecule is O=C(NCCn1c(=O)[nH]c2ccccc21)NC(CO)c1ccccc1. The van der Waals surface area contributed by atoms with Crippen LogP contribution in [0.15, 0.2) is 59.4 Å². The molecule has 0 aliphatic carbocycles. The number of amides is 2. The number of aliphatic hydroxyl groups is 1. The molecule has 0 radical (unpaired) electrons. The number of H-pyrrole nitrogens is 1. The minimum Gasteiger partial charge on any atom is -0.394 e. The van der Waals surface area contributed by atoms with Crippen molar-refractivity contribution in [2.24, 2.45) is 0 Å². The first-order valence-corrected chi connectivity index (χ1v) is 8.07. The average Bonchev–Trinajstić information content (AvgIpc) is 2.96. The quantitative estimate of drug-likeness (QED) is 0.545. The van der Waals surface area contributed by atoms with E-state index in [-0.39, 0.29) is 12.3 Å². The lowest BCUT2D eigenvalue weighted by molar-refractivity contribution is 0.216. The number of hydrogen-bond acceptors (Lipinski definition) is 3. The number of benzene rings is 2. The third-order valence-electron chi connectivity index (χ3n) is 3.99. The Kier molecular flexibility index (Phi) is 5.15. The topological polar surface area (TPSA) is 99.2 Å². The number of imidazole rings is 1. The number of nitrogens with one attached hydrogen (secondary N) is 3. The number of fused-ring (bicyclic) bond motifs is 1. The highest BCUT2D eigenvalue weighted by molar-refractivity contribution is 5.75. The average molecular weight is 340 g/mol. The highest BCUT2D eigenvalue weighted by Gasteiger charge is 2.13. The number of aliphatic hydroxyl groups excluding tert-OH is 1. The van der Waals surface area contributed by atoms with E-state index in [0.717, 1.165) is 16.6 Å². The molecule has 4 N–H and O–H groups in total. The van der Waals surface area contributed by atoms with Crippen LogP contribution < -0.4 is 16.3 Å². The van der Waals surface area contributed by atoms with Gasteiger partial charge >= 0.3 is 11.7 Å². The predicted molar refractivity (Wildman–Crippen MR) is 95.4 cm³/mol. The van der Waals surface area contributed by atoms with Crippen LogP contribution in [0.3, 0.4) is 0 Å². The number of urea groups is 1. The molecule has 0 saturated carbocycles. The van der Waals surface area contributed by atoms with Crippen LogP contribution in [-0.4, -0.2) is 33.8 Å². The number of carbonyl (C=O) groups is 1. The van der Waals surface area contributed by atoms with Crippen molar-refractivity contribution in [1.82, 2.24) is 20.2 Å². The number of hydrogen-bond donors (Lipinski definition) is 4. The fourth-order valence-corrected chi connectivity index (χ4v) is 2.74. The molecule has 0 saturated heterocycles. The van der Waals surface area contributed by atoms with Crippen molar-refractivity contribution < 1.29 is 9.90 Å². The maximum atomic E-state index is 12.0. The van der Waals surface area contributed by atoms with E-state index in [9.17, 15) is 14.7 Å². The van der Waals surface area contributed by atoms with Gasteiger partial charge in [0.25, 0.3) is 0 Å². The Morgan fingerprint density at radius 2 is 1.84 bits per heavy atom. The standard InChI is InChI=1S/C18H20N4O3/c23-12-15(13-6-2-1-3-7-13)20-17(24)19-10-11-22-16-9-5-4-8-14(16)21-18(22)25/h1-9,15,23H,10-12H2,(H,21,25)(H2,19,20,24). The number of aromatic amines is 1. The molecular weight excluding hydrogens is 320 g/mol. The van der Waals surface area contributed by atoms with Crippen LogP contribution in [0.4, 0.5) is 4.79 Å². The summed E-state index contributed by atoms with van der Waals surface area (Å²) in [7, 11) is 0. The molecule has 3 aromatic rings. The van der Waals surface area contributed by atoms with Crippen molar-refractivity contribution in [3.63, 3.8) is 0 Å². The number of rotatable bonds is 6. The molecule has 0 aliphatic heterocycles. The number of para-hydroxylation sites is 2. The van der Waals surface area contributed by atoms with Gasteiger partial charge in [-0.3, -0.25) is 4.57 Å². The molecule has 3 rings (SSSR count). The van der Waals surface area contributed by atoms with E-state index in [2.05, 4.69) is 15.6 Å².